The van der Waals surface area contributed by atoms with Gasteiger partial charge >= 0.3 is 5.97 Å². The molecule has 0 bridgehead atoms. The SMILES string of the molecule is COc1cccc2c(OC(C)=O)cn(C(C)=O)c12. The number of fused-ring (bicyclic) bond motifs is 1. The van der Waals surface area contributed by atoms with Crippen molar-refractivity contribution in [1.29, 1.82) is 0 Å². The summed E-state index contributed by atoms with van der Waals surface area (Å²) in [4.78, 5) is 22.6. The Kier molecular flexibility index (Phi) is 3.06. The number of ether oxygens (including phenoxy) is 2. The van der Waals surface area contributed by atoms with E-state index in [0.29, 0.717) is 22.4 Å². The molecule has 0 saturated carbocycles. The molecule has 0 aliphatic carbocycles. The van der Waals surface area contributed by atoms with Crippen LogP contribution in [0.3, 0.4) is 0 Å². The minimum Gasteiger partial charge on any atom is -0.495 e. The van der Waals surface area contributed by atoms with Crippen molar-refractivity contribution in [2.45, 2.75) is 13.8 Å². The van der Waals surface area contributed by atoms with Gasteiger partial charge in [0.05, 0.1) is 13.3 Å². The predicted octanol–water partition coefficient (Wildman–Crippen LogP) is 2.24. The van der Waals surface area contributed by atoms with Crippen LogP contribution in [0.25, 0.3) is 10.9 Å². The highest BCUT2D eigenvalue weighted by molar-refractivity contribution is 5.99. The molecule has 5 heteroatoms. The summed E-state index contributed by atoms with van der Waals surface area (Å²) in [6.07, 6.45) is 1.50. The summed E-state index contributed by atoms with van der Waals surface area (Å²) in [5.74, 6) is 0.302. The third kappa shape index (κ3) is 1.95. The van der Waals surface area contributed by atoms with Gasteiger partial charge in [0, 0.05) is 19.2 Å². The minimum atomic E-state index is -0.430. The topological polar surface area (TPSA) is 57.5 Å². The Bertz CT molecular complexity index is 627. The second-order valence-corrected chi connectivity index (χ2v) is 3.83. The number of nitrogens with zero attached hydrogens (tertiary/aromatic N) is 1. The number of benzene rings is 1. The molecular formula is C13H13NO4. The molecule has 0 fully saturated rings. The molecule has 5 nitrogen and oxygen atoms in total. The van der Waals surface area contributed by atoms with Gasteiger partial charge in [-0.2, -0.15) is 0 Å². The third-order valence-electron chi connectivity index (χ3n) is 2.56. The molecule has 0 saturated heterocycles. The standard InChI is InChI=1S/C13H13NO4/c1-8(15)14-7-12(18-9(2)16)10-5-4-6-11(17-3)13(10)14/h4-7H,1-3H3. The number of methoxy groups -OCH3 is 1. The zero-order chi connectivity index (χ0) is 13.3. The molecule has 1 heterocycles. The van der Waals surface area contributed by atoms with Crippen molar-refractivity contribution in [2.24, 2.45) is 0 Å². The molecule has 0 radical (unpaired) electrons. The molecule has 2 aromatic rings. The predicted molar refractivity (Wildman–Crippen MR) is 66.1 cm³/mol. The highest BCUT2D eigenvalue weighted by atomic mass is 16.5. The van der Waals surface area contributed by atoms with Crippen molar-refractivity contribution < 1.29 is 19.1 Å². The van der Waals surface area contributed by atoms with Gasteiger partial charge in [-0.1, -0.05) is 6.07 Å². The molecule has 1 aromatic heterocycles. The number of hydrogen-bond acceptors (Lipinski definition) is 4. The summed E-state index contributed by atoms with van der Waals surface area (Å²) in [5, 5.41) is 0.666. The number of aromatic nitrogens is 1. The fraction of sp³-hybridized carbons (Fsp3) is 0.231. The molecule has 2 rings (SSSR count). The highest BCUT2D eigenvalue weighted by Crippen LogP contribution is 2.34. The van der Waals surface area contributed by atoms with Crippen LogP contribution < -0.4 is 9.47 Å². The van der Waals surface area contributed by atoms with E-state index in [9.17, 15) is 9.59 Å². The van der Waals surface area contributed by atoms with Crippen molar-refractivity contribution in [3.05, 3.63) is 24.4 Å². The van der Waals surface area contributed by atoms with E-state index >= 15 is 0 Å². The van der Waals surface area contributed by atoms with Gasteiger partial charge in [0.2, 0.25) is 5.91 Å². The zero-order valence-corrected chi connectivity index (χ0v) is 10.4. The van der Waals surface area contributed by atoms with Gasteiger partial charge in [0.25, 0.3) is 0 Å². The first-order valence-corrected chi connectivity index (χ1v) is 5.42. The van der Waals surface area contributed by atoms with Gasteiger partial charge in [0.1, 0.15) is 11.3 Å². The first kappa shape index (κ1) is 12.2. The van der Waals surface area contributed by atoms with E-state index in [2.05, 4.69) is 0 Å². The third-order valence-corrected chi connectivity index (χ3v) is 2.56. The number of carbonyl (C=O) groups excluding carboxylic acids is 2. The van der Waals surface area contributed by atoms with E-state index in [0.717, 1.165) is 0 Å². The van der Waals surface area contributed by atoms with Crippen LogP contribution in [0, 0.1) is 0 Å². The molecule has 0 N–H and O–H groups in total. The van der Waals surface area contributed by atoms with Gasteiger partial charge in [0.15, 0.2) is 5.75 Å². The summed E-state index contributed by atoms with van der Waals surface area (Å²) in [6, 6.07) is 5.30. The Morgan fingerprint density at radius 3 is 2.44 bits per heavy atom. The normalized spacial score (nSPS) is 10.4. The van der Waals surface area contributed by atoms with E-state index in [4.69, 9.17) is 9.47 Å². The summed E-state index contributed by atoms with van der Waals surface area (Å²) in [6.45, 7) is 2.75. The van der Waals surface area contributed by atoms with Crippen LogP contribution >= 0.6 is 0 Å². The Morgan fingerprint density at radius 1 is 1.17 bits per heavy atom. The Labute approximate surface area is 104 Å². The van der Waals surface area contributed by atoms with Crippen molar-refractivity contribution in [3.63, 3.8) is 0 Å². The monoisotopic (exact) mass is 247 g/mol. The van der Waals surface area contributed by atoms with Crippen molar-refractivity contribution in [3.8, 4) is 11.5 Å². The lowest BCUT2D eigenvalue weighted by atomic mass is 10.2. The lowest BCUT2D eigenvalue weighted by molar-refractivity contribution is -0.131. The smallest absolute Gasteiger partial charge is 0.308 e. The van der Waals surface area contributed by atoms with Crippen LogP contribution in [-0.4, -0.2) is 23.6 Å². The lowest BCUT2D eigenvalue weighted by Gasteiger charge is -2.04. The number of esters is 1. The molecule has 18 heavy (non-hydrogen) atoms. The number of hydrogen-bond donors (Lipinski definition) is 0. The molecule has 1 aromatic carbocycles. The van der Waals surface area contributed by atoms with Crippen LogP contribution in [-0.2, 0) is 4.79 Å². The van der Waals surface area contributed by atoms with E-state index in [1.165, 1.54) is 31.7 Å². The van der Waals surface area contributed by atoms with Crippen LogP contribution in [0.5, 0.6) is 11.5 Å². The summed E-state index contributed by atoms with van der Waals surface area (Å²) < 4.78 is 11.7. The summed E-state index contributed by atoms with van der Waals surface area (Å²) in [5.41, 5.74) is 0.601. The van der Waals surface area contributed by atoms with E-state index in [-0.39, 0.29) is 5.91 Å². The second-order valence-electron chi connectivity index (χ2n) is 3.83. The molecule has 0 aliphatic heterocycles. The van der Waals surface area contributed by atoms with Gasteiger partial charge in [-0.3, -0.25) is 14.2 Å². The first-order valence-electron chi connectivity index (χ1n) is 5.42. The first-order chi connectivity index (χ1) is 8.54. The molecule has 0 spiro atoms. The average Bonchev–Trinajstić information content (AvgIpc) is 2.67. The molecule has 94 valence electrons. The Balaban J connectivity index is 2.75. The maximum Gasteiger partial charge on any atom is 0.308 e. The molecule has 0 unspecified atom stereocenters. The van der Waals surface area contributed by atoms with Gasteiger partial charge in [-0.05, 0) is 12.1 Å². The van der Waals surface area contributed by atoms with Gasteiger partial charge in [-0.25, -0.2) is 0 Å². The highest BCUT2D eigenvalue weighted by Gasteiger charge is 2.16. The molecule has 0 aliphatic rings. The van der Waals surface area contributed by atoms with Gasteiger partial charge in [-0.15, -0.1) is 0 Å². The Hall–Kier alpha value is -2.30. The lowest BCUT2D eigenvalue weighted by Crippen LogP contribution is -2.04. The average molecular weight is 247 g/mol. The zero-order valence-electron chi connectivity index (χ0n) is 10.4. The van der Waals surface area contributed by atoms with Crippen LogP contribution in [0.1, 0.15) is 18.6 Å². The number of carbonyl (C=O) groups is 2. The molecule has 0 atom stereocenters. The fourth-order valence-corrected chi connectivity index (χ4v) is 1.87. The largest absolute Gasteiger partial charge is 0.495 e. The summed E-state index contributed by atoms with van der Waals surface area (Å²) in [7, 11) is 1.53. The minimum absolute atomic E-state index is 0.178. The molecule has 0 amide bonds. The van der Waals surface area contributed by atoms with Crippen LogP contribution in [0.2, 0.25) is 0 Å². The fourth-order valence-electron chi connectivity index (χ4n) is 1.87. The maximum absolute atomic E-state index is 11.6. The van der Waals surface area contributed by atoms with Crippen molar-refractivity contribution in [2.75, 3.05) is 7.11 Å². The van der Waals surface area contributed by atoms with E-state index in [1.807, 2.05) is 0 Å². The number of para-hydroxylation sites is 1. The van der Waals surface area contributed by atoms with Gasteiger partial charge < -0.3 is 9.47 Å². The second kappa shape index (κ2) is 4.52. The van der Waals surface area contributed by atoms with Crippen LogP contribution in [0.15, 0.2) is 24.4 Å². The Morgan fingerprint density at radius 2 is 1.89 bits per heavy atom. The van der Waals surface area contributed by atoms with Crippen LogP contribution in [0.4, 0.5) is 0 Å². The molecular weight excluding hydrogens is 234 g/mol. The van der Waals surface area contributed by atoms with Crippen molar-refractivity contribution in [1.82, 2.24) is 4.57 Å². The maximum atomic E-state index is 11.6. The quantitative estimate of drug-likeness (QED) is 0.763. The van der Waals surface area contributed by atoms with E-state index in [1.54, 1.807) is 18.2 Å². The van der Waals surface area contributed by atoms with E-state index < -0.39 is 5.97 Å². The summed E-state index contributed by atoms with van der Waals surface area (Å²) >= 11 is 0. The van der Waals surface area contributed by atoms with Crippen molar-refractivity contribution >= 4 is 22.8 Å². The number of rotatable bonds is 2.